The zero-order chi connectivity index (χ0) is 13.0. The van der Waals surface area contributed by atoms with Crippen LogP contribution in [-0.4, -0.2) is 49.2 Å². The first kappa shape index (κ1) is 11.7. The van der Waals surface area contributed by atoms with Gasteiger partial charge in [-0.05, 0) is 0 Å². The Morgan fingerprint density at radius 3 is 2.78 bits per heavy atom. The Hall–Kier alpha value is -2.78. The average molecular weight is 249 g/mol. The first-order valence-corrected chi connectivity index (χ1v) is 5.00. The van der Waals surface area contributed by atoms with Gasteiger partial charge >= 0.3 is 0 Å². The van der Waals surface area contributed by atoms with Gasteiger partial charge in [-0.3, -0.25) is 4.79 Å². The molecule has 0 radical (unpaired) electrons. The third-order valence-corrected chi connectivity index (χ3v) is 1.89. The van der Waals surface area contributed by atoms with E-state index in [0.29, 0.717) is 5.95 Å². The van der Waals surface area contributed by atoms with E-state index in [0.717, 1.165) is 0 Å². The highest BCUT2D eigenvalue weighted by Crippen LogP contribution is 2.07. The van der Waals surface area contributed by atoms with Crippen molar-refractivity contribution in [2.75, 3.05) is 24.2 Å². The fourth-order valence-corrected chi connectivity index (χ4v) is 1.14. The molecule has 1 amide bonds. The molecule has 0 unspecified atom stereocenters. The predicted molar refractivity (Wildman–Crippen MR) is 62.0 cm³/mol. The van der Waals surface area contributed by atoms with Gasteiger partial charge in [0.25, 0.3) is 5.95 Å². The van der Waals surface area contributed by atoms with E-state index in [4.69, 9.17) is 5.73 Å². The van der Waals surface area contributed by atoms with Crippen molar-refractivity contribution in [2.24, 2.45) is 5.73 Å². The van der Waals surface area contributed by atoms with E-state index in [1.165, 1.54) is 17.3 Å². The summed E-state index contributed by atoms with van der Waals surface area (Å²) in [7, 11) is 1.66. The molecule has 2 rings (SSSR count). The largest absolute Gasteiger partial charge is 0.368 e. The summed E-state index contributed by atoms with van der Waals surface area (Å²) in [4.78, 5) is 26.7. The summed E-state index contributed by atoms with van der Waals surface area (Å²) in [6.07, 6.45) is 2.81. The number of nitrogens with two attached hydrogens (primary N) is 1. The lowest BCUT2D eigenvalue weighted by Gasteiger charge is -2.06. The molecule has 4 N–H and O–H groups in total. The number of aromatic nitrogens is 6. The van der Waals surface area contributed by atoms with Crippen molar-refractivity contribution in [1.82, 2.24) is 29.7 Å². The van der Waals surface area contributed by atoms with Crippen LogP contribution < -0.4 is 16.4 Å². The van der Waals surface area contributed by atoms with Gasteiger partial charge in [-0.25, -0.2) is 4.98 Å². The Balaban J connectivity index is 2.30. The quantitative estimate of drug-likeness (QED) is 0.575. The third-order valence-electron chi connectivity index (χ3n) is 1.89. The summed E-state index contributed by atoms with van der Waals surface area (Å²) in [6.45, 7) is -0.0655. The van der Waals surface area contributed by atoms with Crippen LogP contribution in [0.4, 0.5) is 11.9 Å². The minimum Gasteiger partial charge on any atom is -0.368 e. The third kappa shape index (κ3) is 2.66. The summed E-state index contributed by atoms with van der Waals surface area (Å²) in [5.41, 5.74) is 5.03. The first-order valence-electron chi connectivity index (χ1n) is 5.00. The molecule has 0 aromatic carbocycles. The maximum Gasteiger partial charge on any atom is 0.258 e. The molecule has 94 valence electrons. The van der Waals surface area contributed by atoms with Gasteiger partial charge in [0.05, 0.1) is 6.54 Å². The molecule has 0 aliphatic rings. The summed E-state index contributed by atoms with van der Waals surface area (Å²) in [5, 5.41) is 9.36. The van der Waals surface area contributed by atoms with Crippen LogP contribution in [0.25, 0.3) is 5.95 Å². The molecule has 0 saturated heterocycles. The standard InChI is InChI=1S/C8H11N9O/c1-10-6-14-7(12-2-5(9)18)16-8(15-6)17-4-11-3-13-17/h3-4H,2H2,1H3,(H2,9,18)(H2,10,12,14,15,16). The molecule has 0 bridgehead atoms. The highest BCUT2D eigenvalue weighted by atomic mass is 16.1. The summed E-state index contributed by atoms with van der Waals surface area (Å²) in [5.74, 6) is 0.323. The molecule has 0 fully saturated rings. The lowest BCUT2D eigenvalue weighted by Crippen LogP contribution is -2.23. The molecule has 0 aliphatic heterocycles. The van der Waals surface area contributed by atoms with Crippen molar-refractivity contribution >= 4 is 17.8 Å². The Morgan fingerprint density at radius 1 is 1.39 bits per heavy atom. The van der Waals surface area contributed by atoms with Crippen molar-refractivity contribution in [3.05, 3.63) is 12.7 Å². The number of carbonyl (C=O) groups excluding carboxylic acids is 1. The van der Waals surface area contributed by atoms with Crippen LogP contribution in [0.5, 0.6) is 0 Å². The molecule has 0 atom stereocenters. The lowest BCUT2D eigenvalue weighted by atomic mass is 10.6. The van der Waals surface area contributed by atoms with Gasteiger partial charge in [-0.2, -0.15) is 24.7 Å². The second-order valence-electron chi connectivity index (χ2n) is 3.19. The van der Waals surface area contributed by atoms with Crippen molar-refractivity contribution < 1.29 is 4.79 Å². The zero-order valence-corrected chi connectivity index (χ0v) is 9.53. The van der Waals surface area contributed by atoms with E-state index in [9.17, 15) is 4.79 Å². The van der Waals surface area contributed by atoms with Crippen LogP contribution in [0.15, 0.2) is 12.7 Å². The van der Waals surface area contributed by atoms with Crippen LogP contribution >= 0.6 is 0 Å². The molecule has 0 aliphatic carbocycles. The minimum atomic E-state index is -0.510. The zero-order valence-electron chi connectivity index (χ0n) is 9.53. The summed E-state index contributed by atoms with van der Waals surface area (Å²) < 4.78 is 1.37. The van der Waals surface area contributed by atoms with Gasteiger partial charge in [-0.15, -0.1) is 0 Å². The number of nitrogens with one attached hydrogen (secondary N) is 2. The molecule has 2 heterocycles. The second kappa shape index (κ2) is 5.03. The number of primary amides is 1. The second-order valence-corrected chi connectivity index (χ2v) is 3.19. The van der Waals surface area contributed by atoms with E-state index < -0.39 is 5.91 Å². The topological polar surface area (TPSA) is 137 Å². The van der Waals surface area contributed by atoms with E-state index >= 15 is 0 Å². The van der Waals surface area contributed by atoms with Crippen molar-refractivity contribution in [2.45, 2.75) is 0 Å². The Bertz CT molecular complexity index is 538. The maximum absolute atomic E-state index is 10.7. The molecular weight excluding hydrogens is 238 g/mol. The molecule has 10 nitrogen and oxygen atoms in total. The average Bonchev–Trinajstić information content (AvgIpc) is 2.89. The van der Waals surface area contributed by atoms with E-state index in [1.54, 1.807) is 7.05 Å². The Kier molecular flexibility index (Phi) is 3.27. The molecule has 0 spiro atoms. The molecule has 2 aromatic heterocycles. The SMILES string of the molecule is CNc1nc(NCC(N)=O)nc(-n2cncn2)n1. The van der Waals surface area contributed by atoms with Crippen LogP contribution in [0.2, 0.25) is 0 Å². The summed E-state index contributed by atoms with van der Waals surface area (Å²) >= 11 is 0. The number of nitrogens with zero attached hydrogens (tertiary/aromatic N) is 6. The van der Waals surface area contributed by atoms with Gasteiger partial charge in [-0.1, -0.05) is 0 Å². The van der Waals surface area contributed by atoms with Crippen LogP contribution in [0.3, 0.4) is 0 Å². The number of anilines is 2. The number of rotatable bonds is 5. The van der Waals surface area contributed by atoms with Crippen LogP contribution in [0.1, 0.15) is 0 Å². The molecule has 0 saturated carbocycles. The molecule has 10 heteroatoms. The predicted octanol–water partition coefficient (Wildman–Crippen LogP) is -1.61. The molecule has 2 aromatic rings. The smallest absolute Gasteiger partial charge is 0.258 e. The number of hydrogen-bond donors (Lipinski definition) is 3. The highest BCUT2D eigenvalue weighted by Gasteiger charge is 2.08. The first-order chi connectivity index (χ1) is 8.69. The van der Waals surface area contributed by atoms with E-state index in [-0.39, 0.29) is 18.4 Å². The maximum atomic E-state index is 10.7. The fourth-order valence-electron chi connectivity index (χ4n) is 1.14. The summed E-state index contributed by atoms with van der Waals surface area (Å²) in [6, 6.07) is 0. The highest BCUT2D eigenvalue weighted by molar-refractivity contribution is 5.78. The number of amides is 1. The minimum absolute atomic E-state index is 0.0655. The number of hydrogen-bond acceptors (Lipinski definition) is 8. The fraction of sp³-hybridized carbons (Fsp3) is 0.250. The van der Waals surface area contributed by atoms with Gasteiger partial charge in [0.1, 0.15) is 12.7 Å². The van der Waals surface area contributed by atoms with Crippen molar-refractivity contribution in [1.29, 1.82) is 0 Å². The normalized spacial score (nSPS) is 10.1. The monoisotopic (exact) mass is 249 g/mol. The van der Waals surface area contributed by atoms with E-state index in [2.05, 4.69) is 35.7 Å². The van der Waals surface area contributed by atoms with Crippen molar-refractivity contribution in [3.8, 4) is 5.95 Å². The van der Waals surface area contributed by atoms with Crippen molar-refractivity contribution in [3.63, 3.8) is 0 Å². The van der Waals surface area contributed by atoms with Gasteiger partial charge < -0.3 is 16.4 Å². The Morgan fingerprint density at radius 2 is 2.17 bits per heavy atom. The molecule has 18 heavy (non-hydrogen) atoms. The van der Waals surface area contributed by atoms with Gasteiger partial charge in [0.2, 0.25) is 17.8 Å². The van der Waals surface area contributed by atoms with Crippen LogP contribution in [0, 0.1) is 0 Å². The Labute approximate surface area is 102 Å². The number of carbonyl (C=O) groups is 1. The molecular formula is C8H11N9O. The van der Waals surface area contributed by atoms with Gasteiger partial charge in [0.15, 0.2) is 0 Å². The lowest BCUT2D eigenvalue weighted by molar-refractivity contribution is -0.116. The van der Waals surface area contributed by atoms with E-state index in [1.807, 2.05) is 0 Å². The van der Waals surface area contributed by atoms with Gasteiger partial charge in [0, 0.05) is 7.05 Å². The van der Waals surface area contributed by atoms with Crippen LogP contribution in [-0.2, 0) is 4.79 Å².